The van der Waals surface area contributed by atoms with Gasteiger partial charge >= 0.3 is 0 Å². The number of aromatic nitrogens is 1. The molecule has 0 spiro atoms. The highest BCUT2D eigenvalue weighted by molar-refractivity contribution is 5.26. The van der Waals surface area contributed by atoms with Crippen LogP contribution in [0.3, 0.4) is 0 Å². The van der Waals surface area contributed by atoms with Crippen molar-refractivity contribution in [1.29, 1.82) is 0 Å². The topological polar surface area (TPSA) is 60.2 Å². The van der Waals surface area contributed by atoms with Crippen LogP contribution in [-0.2, 0) is 0 Å². The molecule has 1 unspecified atom stereocenters. The molecule has 4 heteroatoms. The molecule has 1 aromatic heterocycles. The number of pyridine rings is 1. The molecule has 21 heavy (non-hydrogen) atoms. The van der Waals surface area contributed by atoms with E-state index in [1.807, 2.05) is 13.1 Å². The summed E-state index contributed by atoms with van der Waals surface area (Å²) in [7, 11) is 0. The minimum Gasteiger partial charge on any atom is -0.492 e. The molecule has 1 heterocycles. The number of nitrogens with one attached hydrogen (secondary N) is 1. The Morgan fingerprint density at radius 3 is 2.48 bits per heavy atom. The minimum absolute atomic E-state index is 0.172. The highest BCUT2D eigenvalue weighted by Gasteiger charge is 2.29. The van der Waals surface area contributed by atoms with Gasteiger partial charge in [-0.2, -0.15) is 0 Å². The molecule has 118 valence electrons. The number of ether oxygens (including phenoxy) is 1. The van der Waals surface area contributed by atoms with Crippen molar-refractivity contribution in [3.05, 3.63) is 24.0 Å². The zero-order valence-electron chi connectivity index (χ0n) is 13.5. The lowest BCUT2D eigenvalue weighted by Gasteiger charge is -2.35. The molecule has 1 fully saturated rings. The van der Waals surface area contributed by atoms with Crippen LogP contribution >= 0.6 is 0 Å². The van der Waals surface area contributed by atoms with Crippen LogP contribution in [0.5, 0.6) is 5.75 Å². The van der Waals surface area contributed by atoms with Crippen LogP contribution in [0.1, 0.15) is 58.1 Å². The summed E-state index contributed by atoms with van der Waals surface area (Å²) in [6, 6.07) is 2.24. The Balaban J connectivity index is 2.04. The van der Waals surface area contributed by atoms with E-state index in [9.17, 15) is 0 Å². The Kier molecular flexibility index (Phi) is 6.00. The second-order valence-corrected chi connectivity index (χ2v) is 6.45. The third-order valence-corrected chi connectivity index (χ3v) is 4.81. The van der Waals surface area contributed by atoms with Gasteiger partial charge in [0.15, 0.2) is 0 Å². The van der Waals surface area contributed by atoms with E-state index in [1.54, 1.807) is 6.20 Å². The first kappa shape index (κ1) is 16.2. The highest BCUT2D eigenvalue weighted by Crippen LogP contribution is 2.39. The van der Waals surface area contributed by atoms with Gasteiger partial charge in [0.25, 0.3) is 0 Å². The molecule has 0 saturated heterocycles. The molecule has 0 radical (unpaired) electrons. The van der Waals surface area contributed by atoms with Crippen LogP contribution in [0.25, 0.3) is 0 Å². The molecule has 0 aromatic carbocycles. The van der Waals surface area contributed by atoms with Gasteiger partial charge < -0.3 is 4.74 Å². The van der Waals surface area contributed by atoms with E-state index in [1.165, 1.54) is 25.7 Å². The fourth-order valence-electron chi connectivity index (χ4n) is 3.50. The van der Waals surface area contributed by atoms with Gasteiger partial charge in [-0.1, -0.05) is 13.8 Å². The summed E-state index contributed by atoms with van der Waals surface area (Å²) < 4.78 is 5.55. The van der Waals surface area contributed by atoms with E-state index >= 15 is 0 Å². The monoisotopic (exact) mass is 291 g/mol. The van der Waals surface area contributed by atoms with Crippen molar-refractivity contribution in [1.82, 2.24) is 10.4 Å². The maximum Gasteiger partial charge on any atom is 0.137 e. The van der Waals surface area contributed by atoms with Gasteiger partial charge in [0.05, 0.1) is 18.8 Å². The molecule has 1 aliphatic rings. The zero-order valence-corrected chi connectivity index (χ0v) is 13.5. The summed E-state index contributed by atoms with van der Waals surface area (Å²) in [6.45, 7) is 7.31. The summed E-state index contributed by atoms with van der Waals surface area (Å²) in [5, 5.41) is 0. The molecular formula is C17H29N3O. The molecule has 1 atom stereocenters. The number of nitrogens with zero attached hydrogens (tertiary/aromatic N) is 1. The first-order chi connectivity index (χ1) is 10.2. The third-order valence-electron chi connectivity index (χ3n) is 4.81. The lowest BCUT2D eigenvalue weighted by molar-refractivity contribution is 0.189. The molecule has 3 N–H and O–H groups in total. The largest absolute Gasteiger partial charge is 0.492 e. The van der Waals surface area contributed by atoms with Gasteiger partial charge in [-0.05, 0) is 62.0 Å². The fraction of sp³-hybridized carbons (Fsp3) is 0.706. The standard InChI is InChI=1S/C17H29N3O/c1-4-21-16-9-15(10-19-11-16)17(20-18)14-7-5-13(6-8-14)12(2)3/h9-14,17,20H,4-8,18H2,1-3H3. The van der Waals surface area contributed by atoms with E-state index in [2.05, 4.69) is 30.3 Å². The summed E-state index contributed by atoms with van der Waals surface area (Å²) in [4.78, 5) is 4.29. The predicted octanol–water partition coefficient (Wildman–Crippen LogP) is 3.45. The van der Waals surface area contributed by atoms with Crippen LogP contribution in [0.15, 0.2) is 18.5 Å². The zero-order chi connectivity index (χ0) is 15.2. The average Bonchev–Trinajstić information content (AvgIpc) is 2.49. The Bertz CT molecular complexity index is 428. The van der Waals surface area contributed by atoms with Gasteiger partial charge in [0.1, 0.15) is 5.75 Å². The first-order valence-electron chi connectivity index (χ1n) is 8.19. The SMILES string of the molecule is CCOc1cncc(C(NN)C2CCC(C(C)C)CC2)c1. The van der Waals surface area contributed by atoms with Crippen molar-refractivity contribution >= 4 is 0 Å². The Morgan fingerprint density at radius 2 is 1.90 bits per heavy atom. The van der Waals surface area contributed by atoms with Gasteiger partial charge in [0.2, 0.25) is 0 Å². The molecule has 2 rings (SSSR count). The lowest BCUT2D eigenvalue weighted by atomic mass is 9.73. The van der Waals surface area contributed by atoms with Crippen molar-refractivity contribution < 1.29 is 4.74 Å². The van der Waals surface area contributed by atoms with Crippen LogP contribution in [0.2, 0.25) is 0 Å². The molecule has 0 aliphatic heterocycles. The quantitative estimate of drug-likeness (QED) is 0.622. The van der Waals surface area contributed by atoms with Crippen LogP contribution in [-0.4, -0.2) is 11.6 Å². The average molecular weight is 291 g/mol. The second-order valence-electron chi connectivity index (χ2n) is 6.45. The summed E-state index contributed by atoms with van der Waals surface area (Å²) in [5.74, 6) is 8.91. The van der Waals surface area contributed by atoms with Crippen molar-refractivity contribution in [2.24, 2.45) is 23.6 Å². The van der Waals surface area contributed by atoms with E-state index in [0.717, 1.165) is 23.1 Å². The molecule has 1 aliphatic carbocycles. The second kappa shape index (κ2) is 7.76. The van der Waals surface area contributed by atoms with Crippen LogP contribution in [0.4, 0.5) is 0 Å². The van der Waals surface area contributed by atoms with Gasteiger partial charge in [0, 0.05) is 6.20 Å². The molecule has 4 nitrogen and oxygen atoms in total. The van der Waals surface area contributed by atoms with E-state index in [4.69, 9.17) is 10.6 Å². The summed E-state index contributed by atoms with van der Waals surface area (Å²) >= 11 is 0. The number of hydrogen-bond acceptors (Lipinski definition) is 4. The molecule has 1 saturated carbocycles. The number of hydrogen-bond donors (Lipinski definition) is 2. The van der Waals surface area contributed by atoms with Crippen molar-refractivity contribution in [3.63, 3.8) is 0 Å². The number of nitrogens with two attached hydrogens (primary N) is 1. The van der Waals surface area contributed by atoms with Crippen LogP contribution in [0, 0.1) is 17.8 Å². The highest BCUT2D eigenvalue weighted by atomic mass is 16.5. The molecular weight excluding hydrogens is 262 g/mol. The predicted molar refractivity (Wildman–Crippen MR) is 85.8 cm³/mol. The Labute approximate surface area is 128 Å². The normalized spacial score (nSPS) is 24.0. The maximum atomic E-state index is 5.84. The van der Waals surface area contributed by atoms with E-state index in [-0.39, 0.29) is 6.04 Å². The van der Waals surface area contributed by atoms with Gasteiger partial charge in [-0.15, -0.1) is 0 Å². The Hall–Kier alpha value is -1.13. The van der Waals surface area contributed by atoms with E-state index < -0.39 is 0 Å². The molecule has 0 bridgehead atoms. The summed E-state index contributed by atoms with van der Waals surface area (Å²) in [6.07, 6.45) is 8.74. The van der Waals surface area contributed by atoms with Crippen molar-refractivity contribution in [3.8, 4) is 5.75 Å². The first-order valence-corrected chi connectivity index (χ1v) is 8.19. The van der Waals surface area contributed by atoms with Crippen LogP contribution < -0.4 is 16.0 Å². The minimum atomic E-state index is 0.172. The van der Waals surface area contributed by atoms with Crippen molar-refractivity contribution in [2.75, 3.05) is 6.61 Å². The van der Waals surface area contributed by atoms with Gasteiger partial charge in [-0.25, -0.2) is 0 Å². The fourth-order valence-corrected chi connectivity index (χ4v) is 3.50. The maximum absolute atomic E-state index is 5.84. The molecule has 0 amide bonds. The lowest BCUT2D eigenvalue weighted by Crippen LogP contribution is -2.36. The van der Waals surface area contributed by atoms with Crippen molar-refractivity contribution in [2.45, 2.75) is 52.5 Å². The summed E-state index contributed by atoms with van der Waals surface area (Å²) in [5.41, 5.74) is 4.14. The molecule has 1 aromatic rings. The Morgan fingerprint density at radius 1 is 1.24 bits per heavy atom. The number of rotatable bonds is 6. The van der Waals surface area contributed by atoms with E-state index in [0.29, 0.717) is 12.5 Å². The smallest absolute Gasteiger partial charge is 0.137 e. The van der Waals surface area contributed by atoms with Gasteiger partial charge in [-0.3, -0.25) is 16.3 Å². The third kappa shape index (κ3) is 4.17. The number of hydrazine groups is 1.